The summed E-state index contributed by atoms with van der Waals surface area (Å²) >= 11 is 0. The first-order valence-electron chi connectivity index (χ1n) is 6.35. The molecule has 1 aliphatic rings. The average Bonchev–Trinajstić information content (AvgIpc) is 2.81. The predicted octanol–water partition coefficient (Wildman–Crippen LogP) is 0.148. The first kappa shape index (κ1) is 14.9. The minimum atomic E-state index is -0.426. The minimum absolute atomic E-state index is 0.0494. The van der Waals surface area contributed by atoms with Crippen LogP contribution in [0.25, 0.3) is 0 Å². The van der Waals surface area contributed by atoms with Gasteiger partial charge in [0.2, 0.25) is 0 Å². The zero-order valence-electron chi connectivity index (χ0n) is 11.1. The van der Waals surface area contributed by atoms with Gasteiger partial charge in [-0.05, 0) is 26.7 Å². The molecule has 0 bridgehead atoms. The fourth-order valence-corrected chi connectivity index (χ4v) is 2.14. The van der Waals surface area contributed by atoms with Crippen molar-refractivity contribution in [1.82, 2.24) is 10.3 Å². The van der Waals surface area contributed by atoms with Crippen LogP contribution in [0.3, 0.4) is 0 Å². The molecule has 0 aliphatic carbocycles. The SMILES string of the molecule is CC(C)N(CCC#N)CC1CCC(C(=O)NN)O1. The van der Waals surface area contributed by atoms with Gasteiger partial charge < -0.3 is 4.74 Å². The third-order valence-electron chi connectivity index (χ3n) is 3.22. The van der Waals surface area contributed by atoms with Gasteiger partial charge in [-0.15, -0.1) is 0 Å². The van der Waals surface area contributed by atoms with Crippen LogP contribution in [-0.2, 0) is 9.53 Å². The zero-order valence-corrected chi connectivity index (χ0v) is 11.1. The normalized spacial score (nSPS) is 23.3. The first-order chi connectivity index (χ1) is 8.58. The van der Waals surface area contributed by atoms with E-state index in [9.17, 15) is 4.79 Å². The molecule has 6 nitrogen and oxygen atoms in total. The van der Waals surface area contributed by atoms with Crippen LogP contribution in [0.4, 0.5) is 0 Å². The van der Waals surface area contributed by atoms with Crippen LogP contribution in [0, 0.1) is 11.3 Å². The molecule has 1 rings (SSSR count). The highest BCUT2D eigenvalue weighted by molar-refractivity contribution is 5.80. The fraction of sp³-hybridized carbons (Fsp3) is 0.833. The summed E-state index contributed by atoms with van der Waals surface area (Å²) in [4.78, 5) is 13.5. The van der Waals surface area contributed by atoms with Gasteiger partial charge in [0.15, 0.2) is 0 Å². The van der Waals surface area contributed by atoms with E-state index < -0.39 is 6.10 Å². The number of hydrazine groups is 1. The molecule has 6 heteroatoms. The molecule has 0 radical (unpaired) electrons. The van der Waals surface area contributed by atoms with Crippen LogP contribution in [0.5, 0.6) is 0 Å². The van der Waals surface area contributed by atoms with Crippen LogP contribution in [0.2, 0.25) is 0 Å². The highest BCUT2D eigenvalue weighted by Crippen LogP contribution is 2.21. The Morgan fingerprint density at radius 3 is 2.89 bits per heavy atom. The molecule has 0 saturated carbocycles. The van der Waals surface area contributed by atoms with E-state index in [4.69, 9.17) is 15.8 Å². The van der Waals surface area contributed by atoms with Gasteiger partial charge in [-0.3, -0.25) is 15.1 Å². The van der Waals surface area contributed by atoms with Gasteiger partial charge in [0.05, 0.1) is 12.2 Å². The highest BCUT2D eigenvalue weighted by Gasteiger charge is 2.31. The molecule has 0 spiro atoms. The van der Waals surface area contributed by atoms with Crippen LogP contribution in [-0.4, -0.2) is 42.1 Å². The summed E-state index contributed by atoms with van der Waals surface area (Å²) in [6.45, 7) is 5.68. The summed E-state index contributed by atoms with van der Waals surface area (Å²) in [5, 5.41) is 8.63. The molecular weight excluding hydrogens is 232 g/mol. The largest absolute Gasteiger partial charge is 0.364 e. The van der Waals surface area contributed by atoms with Crippen molar-refractivity contribution in [2.24, 2.45) is 5.84 Å². The number of amides is 1. The van der Waals surface area contributed by atoms with Crippen molar-refractivity contribution in [2.45, 2.75) is 51.4 Å². The van der Waals surface area contributed by atoms with Gasteiger partial charge in [0.1, 0.15) is 6.10 Å². The van der Waals surface area contributed by atoms with E-state index in [0.29, 0.717) is 18.9 Å². The molecule has 1 fully saturated rings. The van der Waals surface area contributed by atoms with Crippen LogP contribution < -0.4 is 11.3 Å². The summed E-state index contributed by atoms with van der Waals surface area (Å²) in [5.41, 5.74) is 2.12. The molecule has 1 heterocycles. The second-order valence-corrected chi connectivity index (χ2v) is 4.83. The molecule has 0 aromatic carbocycles. The van der Waals surface area contributed by atoms with Crippen LogP contribution in [0.1, 0.15) is 33.1 Å². The molecule has 2 atom stereocenters. The fourth-order valence-electron chi connectivity index (χ4n) is 2.14. The number of nitrogens with two attached hydrogens (primary N) is 1. The Morgan fingerprint density at radius 1 is 1.61 bits per heavy atom. The monoisotopic (exact) mass is 254 g/mol. The zero-order chi connectivity index (χ0) is 13.5. The maximum Gasteiger partial charge on any atom is 0.263 e. The summed E-state index contributed by atoms with van der Waals surface area (Å²) in [5.74, 6) is 4.83. The molecule has 1 amide bonds. The lowest BCUT2D eigenvalue weighted by Gasteiger charge is -2.28. The van der Waals surface area contributed by atoms with Gasteiger partial charge in [0.25, 0.3) is 5.91 Å². The number of nitriles is 1. The lowest BCUT2D eigenvalue weighted by Crippen LogP contribution is -2.41. The van der Waals surface area contributed by atoms with Crippen molar-refractivity contribution in [3.63, 3.8) is 0 Å². The molecule has 102 valence electrons. The number of nitrogens with one attached hydrogen (secondary N) is 1. The topological polar surface area (TPSA) is 91.4 Å². The Hall–Kier alpha value is -1.16. The van der Waals surface area contributed by atoms with Crippen molar-refractivity contribution in [3.05, 3.63) is 0 Å². The minimum Gasteiger partial charge on any atom is -0.364 e. The van der Waals surface area contributed by atoms with Crippen LogP contribution in [0.15, 0.2) is 0 Å². The third-order valence-corrected chi connectivity index (χ3v) is 3.22. The number of carbonyl (C=O) groups is 1. The molecule has 0 aromatic rings. The summed E-state index contributed by atoms with van der Waals surface area (Å²) in [7, 11) is 0. The Balaban J connectivity index is 2.42. The van der Waals surface area contributed by atoms with Crippen molar-refractivity contribution < 1.29 is 9.53 Å². The molecule has 1 saturated heterocycles. The summed E-state index contributed by atoms with van der Waals surface area (Å²) in [6.07, 6.45) is 1.70. The maximum absolute atomic E-state index is 11.3. The highest BCUT2D eigenvalue weighted by atomic mass is 16.5. The smallest absolute Gasteiger partial charge is 0.263 e. The van der Waals surface area contributed by atoms with Gasteiger partial charge in [0, 0.05) is 25.6 Å². The number of ether oxygens (including phenoxy) is 1. The Kier molecular flexibility index (Phi) is 6.05. The second-order valence-electron chi connectivity index (χ2n) is 4.83. The van der Waals surface area contributed by atoms with Crippen molar-refractivity contribution in [1.29, 1.82) is 5.26 Å². The van der Waals surface area contributed by atoms with E-state index in [1.165, 1.54) is 0 Å². The molecule has 3 N–H and O–H groups in total. The lowest BCUT2D eigenvalue weighted by molar-refractivity contribution is -0.132. The standard InChI is InChI=1S/C12H22N4O2/c1-9(2)16(7-3-6-13)8-10-4-5-11(18-10)12(17)15-14/h9-11H,3-5,7-8,14H2,1-2H3,(H,15,17). The maximum atomic E-state index is 11.3. The molecular formula is C12H22N4O2. The van der Waals surface area contributed by atoms with E-state index in [-0.39, 0.29) is 12.0 Å². The van der Waals surface area contributed by atoms with E-state index in [0.717, 1.165) is 19.5 Å². The predicted molar refractivity (Wildman–Crippen MR) is 67.2 cm³/mol. The molecule has 18 heavy (non-hydrogen) atoms. The third kappa shape index (κ3) is 4.26. The molecule has 2 unspecified atom stereocenters. The molecule has 1 aliphatic heterocycles. The second kappa shape index (κ2) is 7.31. The number of nitrogens with zero attached hydrogens (tertiary/aromatic N) is 2. The van der Waals surface area contributed by atoms with E-state index in [2.05, 4.69) is 30.2 Å². The summed E-state index contributed by atoms with van der Waals surface area (Å²) < 4.78 is 5.66. The van der Waals surface area contributed by atoms with E-state index in [1.54, 1.807) is 0 Å². The Morgan fingerprint density at radius 2 is 2.33 bits per heavy atom. The summed E-state index contributed by atoms with van der Waals surface area (Å²) in [6, 6.07) is 2.52. The molecule has 0 aromatic heterocycles. The Labute approximate surface area is 108 Å². The van der Waals surface area contributed by atoms with Gasteiger partial charge in [-0.25, -0.2) is 5.84 Å². The van der Waals surface area contributed by atoms with Gasteiger partial charge in [-0.1, -0.05) is 0 Å². The van der Waals surface area contributed by atoms with E-state index in [1.807, 2.05) is 0 Å². The first-order valence-corrected chi connectivity index (χ1v) is 6.35. The lowest BCUT2D eigenvalue weighted by atomic mass is 10.1. The van der Waals surface area contributed by atoms with Crippen molar-refractivity contribution >= 4 is 5.91 Å². The Bertz CT molecular complexity index is 314. The number of rotatable bonds is 6. The van der Waals surface area contributed by atoms with Gasteiger partial charge >= 0.3 is 0 Å². The quantitative estimate of drug-likeness (QED) is 0.400. The van der Waals surface area contributed by atoms with Crippen LogP contribution >= 0.6 is 0 Å². The average molecular weight is 254 g/mol. The van der Waals surface area contributed by atoms with Crippen molar-refractivity contribution in [3.8, 4) is 6.07 Å². The van der Waals surface area contributed by atoms with Gasteiger partial charge in [-0.2, -0.15) is 5.26 Å². The number of hydrogen-bond acceptors (Lipinski definition) is 5. The number of hydrogen-bond donors (Lipinski definition) is 2. The number of carbonyl (C=O) groups excluding carboxylic acids is 1. The van der Waals surface area contributed by atoms with Crippen molar-refractivity contribution in [2.75, 3.05) is 13.1 Å². The van der Waals surface area contributed by atoms with E-state index >= 15 is 0 Å².